The summed E-state index contributed by atoms with van der Waals surface area (Å²) >= 11 is 0. The molecule has 5 heteroatoms. The zero-order valence-electron chi connectivity index (χ0n) is 8.45. The van der Waals surface area contributed by atoms with Crippen molar-refractivity contribution < 1.29 is 4.74 Å². The number of nitrogens with two attached hydrogens (primary N) is 1. The summed E-state index contributed by atoms with van der Waals surface area (Å²) in [6.45, 7) is 2.70. The molecule has 0 aliphatic carbocycles. The molecule has 0 saturated carbocycles. The number of methoxy groups -OCH3 is 1. The van der Waals surface area contributed by atoms with Crippen molar-refractivity contribution in [1.82, 2.24) is 4.98 Å². The molecule has 14 heavy (non-hydrogen) atoms. The van der Waals surface area contributed by atoms with Gasteiger partial charge in [-0.05, 0) is 19.1 Å². The molecule has 1 unspecified atom stereocenters. The van der Waals surface area contributed by atoms with Crippen LogP contribution in [0.1, 0.15) is 6.92 Å². The second kappa shape index (κ2) is 5.41. The van der Waals surface area contributed by atoms with Gasteiger partial charge in [-0.3, -0.25) is 0 Å². The molecule has 4 N–H and O–H groups in total. The van der Waals surface area contributed by atoms with Crippen LogP contribution >= 0.6 is 0 Å². The van der Waals surface area contributed by atoms with Crippen molar-refractivity contribution in [3.8, 4) is 0 Å². The molecule has 78 valence electrons. The lowest BCUT2D eigenvalue weighted by atomic mass is 10.4. The number of nitrogens with one attached hydrogen (secondary N) is 2. The summed E-state index contributed by atoms with van der Waals surface area (Å²) in [5.74, 6) is 6.66. The normalized spacial score (nSPS) is 12.2. The second-order valence-electron chi connectivity index (χ2n) is 2.98. The fraction of sp³-hybridized carbons (Fsp3) is 0.444. The zero-order chi connectivity index (χ0) is 10.4. The number of anilines is 2. The van der Waals surface area contributed by atoms with E-state index in [0.29, 0.717) is 5.82 Å². The summed E-state index contributed by atoms with van der Waals surface area (Å²) in [5, 5.41) is 3.14. The van der Waals surface area contributed by atoms with E-state index in [0.717, 1.165) is 12.4 Å². The summed E-state index contributed by atoms with van der Waals surface area (Å²) in [7, 11) is 1.68. The van der Waals surface area contributed by atoms with Gasteiger partial charge < -0.3 is 15.5 Å². The Morgan fingerprint density at radius 3 is 2.86 bits per heavy atom. The van der Waals surface area contributed by atoms with Gasteiger partial charge in [-0.15, -0.1) is 0 Å². The first-order chi connectivity index (χ1) is 6.76. The number of hydrazine groups is 1. The molecule has 1 aromatic heterocycles. The number of nitrogens with zero attached hydrogens (tertiary/aromatic N) is 1. The minimum atomic E-state index is 0.159. The molecule has 0 fully saturated rings. The summed E-state index contributed by atoms with van der Waals surface area (Å²) in [6, 6.07) is 5.55. The van der Waals surface area contributed by atoms with E-state index in [1.54, 1.807) is 13.2 Å². The van der Waals surface area contributed by atoms with Crippen molar-refractivity contribution in [2.75, 3.05) is 24.4 Å². The molecule has 0 bridgehead atoms. The standard InChI is InChI=1S/C9H16N4O/c1-7(14-2)6-11-8-4-3-5-9(12-8)13-10/h3-5,7H,6,10H2,1-2H3,(H2,11,12,13). The minimum Gasteiger partial charge on any atom is -0.380 e. The van der Waals surface area contributed by atoms with E-state index < -0.39 is 0 Å². The predicted octanol–water partition coefficient (Wildman–Crippen LogP) is 0.814. The zero-order valence-corrected chi connectivity index (χ0v) is 8.45. The average molecular weight is 196 g/mol. The number of hydrogen-bond acceptors (Lipinski definition) is 5. The molecule has 0 saturated heterocycles. The molecule has 1 aromatic rings. The van der Waals surface area contributed by atoms with E-state index in [2.05, 4.69) is 15.7 Å². The van der Waals surface area contributed by atoms with Crippen LogP contribution in [-0.2, 0) is 4.74 Å². The average Bonchev–Trinajstić information content (AvgIpc) is 2.26. The van der Waals surface area contributed by atoms with Gasteiger partial charge in [-0.1, -0.05) is 6.07 Å². The van der Waals surface area contributed by atoms with Crippen molar-refractivity contribution in [3.05, 3.63) is 18.2 Å². The Kier molecular flexibility index (Phi) is 4.15. The van der Waals surface area contributed by atoms with Gasteiger partial charge in [-0.25, -0.2) is 10.8 Å². The van der Waals surface area contributed by atoms with Crippen LogP contribution < -0.4 is 16.6 Å². The molecule has 1 rings (SSSR count). The van der Waals surface area contributed by atoms with E-state index in [4.69, 9.17) is 10.6 Å². The Morgan fingerprint density at radius 2 is 2.21 bits per heavy atom. The number of aromatic nitrogens is 1. The third-order valence-electron chi connectivity index (χ3n) is 1.87. The van der Waals surface area contributed by atoms with Crippen LogP contribution in [0, 0.1) is 0 Å². The first-order valence-corrected chi connectivity index (χ1v) is 4.46. The monoisotopic (exact) mass is 196 g/mol. The van der Waals surface area contributed by atoms with Gasteiger partial charge in [0.25, 0.3) is 0 Å². The maximum atomic E-state index is 5.24. The van der Waals surface area contributed by atoms with Crippen LogP contribution in [0.3, 0.4) is 0 Å². The molecule has 0 amide bonds. The van der Waals surface area contributed by atoms with Crippen LogP contribution in [0.2, 0.25) is 0 Å². The quantitative estimate of drug-likeness (QED) is 0.480. The highest BCUT2D eigenvalue weighted by Crippen LogP contribution is 2.07. The third kappa shape index (κ3) is 3.20. The fourth-order valence-electron chi connectivity index (χ4n) is 0.945. The fourth-order valence-corrected chi connectivity index (χ4v) is 0.945. The molecule has 1 atom stereocenters. The van der Waals surface area contributed by atoms with Crippen molar-refractivity contribution >= 4 is 11.6 Å². The van der Waals surface area contributed by atoms with Crippen molar-refractivity contribution in [3.63, 3.8) is 0 Å². The van der Waals surface area contributed by atoms with Gasteiger partial charge in [-0.2, -0.15) is 0 Å². The lowest BCUT2D eigenvalue weighted by Crippen LogP contribution is -2.19. The molecule has 0 aromatic carbocycles. The Balaban J connectivity index is 2.50. The van der Waals surface area contributed by atoms with Gasteiger partial charge in [0, 0.05) is 13.7 Å². The lowest BCUT2D eigenvalue weighted by molar-refractivity contribution is 0.128. The van der Waals surface area contributed by atoms with Gasteiger partial charge in [0.2, 0.25) is 0 Å². The van der Waals surface area contributed by atoms with Gasteiger partial charge in [0.15, 0.2) is 0 Å². The number of nitrogen functional groups attached to an aromatic ring is 1. The molecule has 0 aliphatic heterocycles. The third-order valence-corrected chi connectivity index (χ3v) is 1.87. The minimum absolute atomic E-state index is 0.159. The summed E-state index contributed by atoms with van der Waals surface area (Å²) in [5.41, 5.74) is 2.49. The lowest BCUT2D eigenvalue weighted by Gasteiger charge is -2.11. The first kappa shape index (κ1) is 10.7. The van der Waals surface area contributed by atoms with Crippen molar-refractivity contribution in [2.24, 2.45) is 5.84 Å². The van der Waals surface area contributed by atoms with Crippen LogP contribution in [0.5, 0.6) is 0 Å². The van der Waals surface area contributed by atoms with Crippen LogP contribution in [0.25, 0.3) is 0 Å². The van der Waals surface area contributed by atoms with Gasteiger partial charge in [0.05, 0.1) is 6.10 Å². The first-order valence-electron chi connectivity index (χ1n) is 4.46. The van der Waals surface area contributed by atoms with Crippen LogP contribution in [0.15, 0.2) is 18.2 Å². The summed E-state index contributed by atoms with van der Waals surface area (Å²) < 4.78 is 5.10. The van der Waals surface area contributed by atoms with Crippen molar-refractivity contribution in [1.29, 1.82) is 0 Å². The SMILES string of the molecule is COC(C)CNc1cccc(NN)n1. The highest BCUT2D eigenvalue weighted by Gasteiger charge is 2.00. The number of pyridine rings is 1. The van der Waals surface area contributed by atoms with Gasteiger partial charge in [0.1, 0.15) is 11.6 Å². The largest absolute Gasteiger partial charge is 0.380 e. The molecule has 0 aliphatic rings. The summed E-state index contributed by atoms with van der Waals surface area (Å²) in [4.78, 5) is 4.19. The molecule has 0 radical (unpaired) electrons. The summed E-state index contributed by atoms with van der Waals surface area (Å²) in [6.07, 6.45) is 0.159. The highest BCUT2D eigenvalue weighted by molar-refractivity contribution is 5.44. The molecule has 0 spiro atoms. The predicted molar refractivity (Wildman–Crippen MR) is 57.0 cm³/mol. The number of ether oxygens (including phenoxy) is 1. The van der Waals surface area contributed by atoms with E-state index in [9.17, 15) is 0 Å². The van der Waals surface area contributed by atoms with Crippen molar-refractivity contribution in [2.45, 2.75) is 13.0 Å². The second-order valence-corrected chi connectivity index (χ2v) is 2.98. The smallest absolute Gasteiger partial charge is 0.142 e. The molecule has 5 nitrogen and oxygen atoms in total. The molecular weight excluding hydrogens is 180 g/mol. The Bertz CT molecular complexity index is 279. The van der Waals surface area contributed by atoms with Crippen LogP contribution in [-0.4, -0.2) is 24.7 Å². The maximum absolute atomic E-state index is 5.24. The van der Waals surface area contributed by atoms with E-state index >= 15 is 0 Å². The topological polar surface area (TPSA) is 72.2 Å². The number of rotatable bonds is 5. The van der Waals surface area contributed by atoms with E-state index in [1.165, 1.54) is 0 Å². The van der Waals surface area contributed by atoms with Gasteiger partial charge >= 0.3 is 0 Å². The maximum Gasteiger partial charge on any atom is 0.142 e. The Hall–Kier alpha value is -1.33. The molecular formula is C9H16N4O. The van der Waals surface area contributed by atoms with E-state index in [-0.39, 0.29) is 6.10 Å². The molecule has 1 heterocycles. The number of hydrogen-bond donors (Lipinski definition) is 3. The Morgan fingerprint density at radius 1 is 1.50 bits per heavy atom. The highest BCUT2D eigenvalue weighted by atomic mass is 16.5. The Labute approximate surface area is 83.6 Å². The van der Waals surface area contributed by atoms with E-state index in [1.807, 2.05) is 19.1 Å². The van der Waals surface area contributed by atoms with Crippen LogP contribution in [0.4, 0.5) is 11.6 Å².